The molecule has 0 aliphatic carbocycles. The van der Waals surface area contributed by atoms with Crippen LogP contribution in [0, 0.1) is 0 Å². The molecule has 0 saturated carbocycles. The van der Waals surface area contributed by atoms with Gasteiger partial charge in [-0.3, -0.25) is 4.98 Å². The normalized spacial score (nSPS) is 15.2. The molecule has 0 unspecified atom stereocenters. The number of nitrogens with zero attached hydrogens (tertiary/aromatic N) is 2. The maximum Gasteiger partial charge on any atom is 0.170 e. The molecule has 1 aliphatic rings. The number of hydrogen-bond acceptors (Lipinski definition) is 4. The molecule has 150 valence electrons. The fraction of sp³-hybridized carbons (Fsp3) is 0.304. The van der Waals surface area contributed by atoms with Gasteiger partial charge in [0.1, 0.15) is 11.3 Å². The largest absolute Gasteiger partial charge is 0.494 e. The first kappa shape index (κ1) is 19.5. The van der Waals surface area contributed by atoms with E-state index in [2.05, 4.69) is 51.7 Å². The van der Waals surface area contributed by atoms with Crippen molar-refractivity contribution in [1.82, 2.24) is 10.3 Å². The number of rotatable bonds is 6. The van der Waals surface area contributed by atoms with Crippen LogP contribution >= 0.6 is 12.2 Å². The third-order valence-corrected chi connectivity index (χ3v) is 5.66. The molecule has 1 aromatic heterocycles. The van der Waals surface area contributed by atoms with E-state index in [1.165, 1.54) is 11.3 Å². The Labute approximate surface area is 177 Å². The average Bonchev–Trinajstić information content (AvgIpc) is 3.06. The maximum absolute atomic E-state index is 5.51. The van der Waals surface area contributed by atoms with Gasteiger partial charge in [-0.1, -0.05) is 18.2 Å². The minimum atomic E-state index is 0.552. The number of aromatic nitrogens is 1. The lowest BCUT2D eigenvalue weighted by molar-refractivity contribution is 0.419. The molecule has 0 radical (unpaired) electrons. The van der Waals surface area contributed by atoms with Gasteiger partial charge in [0.05, 0.1) is 7.11 Å². The van der Waals surface area contributed by atoms with Crippen molar-refractivity contribution in [3.63, 3.8) is 0 Å². The summed E-state index contributed by atoms with van der Waals surface area (Å²) in [5.74, 6) is 0.755. The Balaban J connectivity index is 1.32. The SMILES string of the molecule is COc1ccc(NC(=S)NCCCN2c3ccccc3C[C@H]2C)c2cccnc12. The van der Waals surface area contributed by atoms with E-state index in [9.17, 15) is 0 Å². The van der Waals surface area contributed by atoms with Crippen molar-refractivity contribution in [3.05, 3.63) is 60.3 Å². The summed E-state index contributed by atoms with van der Waals surface area (Å²) in [5, 5.41) is 8.23. The van der Waals surface area contributed by atoms with E-state index < -0.39 is 0 Å². The van der Waals surface area contributed by atoms with E-state index in [0.717, 1.165) is 48.3 Å². The van der Waals surface area contributed by atoms with Crippen LogP contribution in [0.25, 0.3) is 10.9 Å². The lowest BCUT2D eigenvalue weighted by Gasteiger charge is -2.25. The standard InChI is InChI=1S/C23H26N4OS/c1-16-15-17-7-3-4-9-20(17)27(16)14-6-13-25-23(29)26-19-10-11-21(28-2)22-18(19)8-5-12-24-22/h3-5,7-12,16H,6,13-15H2,1-2H3,(H2,25,26,29)/t16-/m1/s1. The summed E-state index contributed by atoms with van der Waals surface area (Å²) in [6, 6.07) is 17.1. The monoisotopic (exact) mass is 406 g/mol. The fourth-order valence-corrected chi connectivity index (χ4v) is 4.22. The Kier molecular flexibility index (Phi) is 5.81. The van der Waals surface area contributed by atoms with Crippen LogP contribution in [0.3, 0.4) is 0 Å². The zero-order valence-corrected chi connectivity index (χ0v) is 17.6. The van der Waals surface area contributed by atoms with Crippen LogP contribution in [-0.2, 0) is 6.42 Å². The summed E-state index contributed by atoms with van der Waals surface area (Å²) in [5.41, 5.74) is 4.57. The van der Waals surface area contributed by atoms with Crippen LogP contribution < -0.4 is 20.3 Å². The van der Waals surface area contributed by atoms with Crippen molar-refractivity contribution >= 4 is 39.6 Å². The number of thiocarbonyl (C=S) groups is 1. The molecule has 29 heavy (non-hydrogen) atoms. The Morgan fingerprint density at radius 1 is 1.21 bits per heavy atom. The number of pyridine rings is 1. The predicted octanol–water partition coefficient (Wildman–Crippen LogP) is 4.37. The van der Waals surface area contributed by atoms with E-state index in [1.54, 1.807) is 13.3 Å². The fourth-order valence-electron chi connectivity index (χ4n) is 4.01. The van der Waals surface area contributed by atoms with E-state index in [-0.39, 0.29) is 0 Å². The Bertz CT molecular complexity index is 1020. The van der Waals surface area contributed by atoms with Crippen molar-refractivity contribution in [3.8, 4) is 5.75 Å². The molecule has 1 atom stereocenters. The third-order valence-electron chi connectivity index (χ3n) is 5.41. The number of benzene rings is 2. The van der Waals surface area contributed by atoms with E-state index >= 15 is 0 Å². The van der Waals surface area contributed by atoms with Crippen molar-refractivity contribution in [1.29, 1.82) is 0 Å². The van der Waals surface area contributed by atoms with Crippen LogP contribution in [-0.4, -0.2) is 36.3 Å². The summed E-state index contributed by atoms with van der Waals surface area (Å²) < 4.78 is 5.41. The number of ether oxygens (including phenoxy) is 1. The topological polar surface area (TPSA) is 49.4 Å². The van der Waals surface area contributed by atoms with Crippen LogP contribution in [0.1, 0.15) is 18.9 Å². The van der Waals surface area contributed by atoms with Crippen LogP contribution in [0.4, 0.5) is 11.4 Å². The molecule has 0 amide bonds. The van der Waals surface area contributed by atoms with Gasteiger partial charge in [-0.15, -0.1) is 0 Å². The average molecular weight is 407 g/mol. The number of hydrogen-bond donors (Lipinski definition) is 2. The molecule has 4 rings (SSSR count). The second kappa shape index (κ2) is 8.66. The summed E-state index contributed by atoms with van der Waals surface area (Å²) in [6.07, 6.45) is 3.91. The van der Waals surface area contributed by atoms with Crippen molar-refractivity contribution < 1.29 is 4.74 Å². The lowest BCUT2D eigenvalue weighted by Crippen LogP contribution is -2.34. The predicted molar refractivity (Wildman–Crippen MR) is 124 cm³/mol. The highest BCUT2D eigenvalue weighted by Crippen LogP contribution is 2.32. The van der Waals surface area contributed by atoms with Gasteiger partial charge in [-0.2, -0.15) is 0 Å². The highest BCUT2D eigenvalue weighted by Gasteiger charge is 2.24. The molecule has 1 aliphatic heterocycles. The van der Waals surface area contributed by atoms with Gasteiger partial charge < -0.3 is 20.3 Å². The van der Waals surface area contributed by atoms with E-state index in [4.69, 9.17) is 17.0 Å². The Hall–Kier alpha value is -2.86. The van der Waals surface area contributed by atoms with Crippen LogP contribution in [0.15, 0.2) is 54.7 Å². The van der Waals surface area contributed by atoms with Crippen LogP contribution in [0.2, 0.25) is 0 Å². The van der Waals surface area contributed by atoms with Crippen LogP contribution in [0.5, 0.6) is 5.75 Å². The summed E-state index contributed by atoms with van der Waals surface area (Å²) in [6.45, 7) is 4.13. The van der Waals surface area contributed by atoms with Crippen molar-refractivity contribution in [2.75, 3.05) is 30.4 Å². The molecule has 0 saturated heterocycles. The summed E-state index contributed by atoms with van der Waals surface area (Å²) in [7, 11) is 1.66. The van der Waals surface area contributed by atoms with Gasteiger partial charge in [-0.25, -0.2) is 0 Å². The zero-order valence-electron chi connectivity index (χ0n) is 16.8. The summed E-state index contributed by atoms with van der Waals surface area (Å²) in [4.78, 5) is 6.93. The summed E-state index contributed by atoms with van der Waals surface area (Å²) >= 11 is 5.51. The number of fused-ring (bicyclic) bond motifs is 2. The van der Waals surface area contributed by atoms with Gasteiger partial charge in [0.25, 0.3) is 0 Å². The van der Waals surface area contributed by atoms with Gasteiger partial charge in [0.2, 0.25) is 0 Å². The van der Waals surface area contributed by atoms with Crippen molar-refractivity contribution in [2.45, 2.75) is 25.8 Å². The van der Waals surface area contributed by atoms with Gasteiger partial charge in [0.15, 0.2) is 5.11 Å². The minimum absolute atomic E-state index is 0.552. The lowest BCUT2D eigenvalue weighted by atomic mass is 10.1. The second-order valence-corrected chi connectivity index (χ2v) is 7.73. The molecule has 2 aromatic carbocycles. The second-order valence-electron chi connectivity index (χ2n) is 7.32. The first-order valence-electron chi connectivity index (χ1n) is 9.98. The van der Waals surface area contributed by atoms with E-state index in [1.807, 2.05) is 24.3 Å². The van der Waals surface area contributed by atoms with Gasteiger partial charge in [0, 0.05) is 42.1 Å². The quantitative estimate of drug-likeness (QED) is 0.468. The Morgan fingerprint density at radius 2 is 2.07 bits per heavy atom. The molecule has 2 heterocycles. The number of para-hydroxylation sites is 1. The van der Waals surface area contributed by atoms with Crippen molar-refractivity contribution in [2.24, 2.45) is 0 Å². The first-order chi connectivity index (χ1) is 14.2. The molecule has 5 nitrogen and oxygen atoms in total. The maximum atomic E-state index is 5.51. The zero-order chi connectivity index (χ0) is 20.2. The molecular formula is C23H26N4OS. The van der Waals surface area contributed by atoms with Gasteiger partial charge >= 0.3 is 0 Å². The van der Waals surface area contributed by atoms with Gasteiger partial charge in [-0.05, 0) is 67.9 Å². The highest BCUT2D eigenvalue weighted by molar-refractivity contribution is 7.80. The smallest absolute Gasteiger partial charge is 0.170 e. The molecule has 0 spiro atoms. The molecule has 3 aromatic rings. The van der Waals surface area contributed by atoms with E-state index in [0.29, 0.717) is 11.2 Å². The molecule has 0 bridgehead atoms. The number of nitrogens with one attached hydrogen (secondary N) is 2. The number of methoxy groups -OCH3 is 1. The Morgan fingerprint density at radius 3 is 2.93 bits per heavy atom. The highest BCUT2D eigenvalue weighted by atomic mass is 32.1. The minimum Gasteiger partial charge on any atom is -0.494 e. The molecule has 6 heteroatoms. The molecular weight excluding hydrogens is 380 g/mol. The molecule has 2 N–H and O–H groups in total. The molecule has 0 fully saturated rings. The third kappa shape index (κ3) is 4.12. The first-order valence-corrected chi connectivity index (χ1v) is 10.4. The number of anilines is 2.